The number of para-hydroxylation sites is 2. The number of hydrogen-bond acceptors (Lipinski definition) is 2. The predicted molar refractivity (Wildman–Crippen MR) is 62.7 cm³/mol. The smallest absolute Gasteiger partial charge is 0.0600 e. The highest BCUT2D eigenvalue weighted by Crippen LogP contribution is 2.26. The van der Waals surface area contributed by atoms with Gasteiger partial charge in [-0.05, 0) is 12.1 Å². The predicted octanol–water partition coefficient (Wildman–Crippen LogP) is 2.39. The summed E-state index contributed by atoms with van der Waals surface area (Å²) in [6, 6.07) is 8.39. The molecule has 0 atom stereocenters. The topological polar surface area (TPSA) is 15.3 Å². The average Bonchev–Trinajstić information content (AvgIpc) is 2.06. The van der Waals surface area contributed by atoms with E-state index < -0.39 is 0 Å². The Morgan fingerprint density at radius 3 is 2.62 bits per heavy atom. The SMILES string of the molecule is CN1CCNc2ccccc21.Cl.Cl. The lowest BCUT2D eigenvalue weighted by Crippen LogP contribution is -2.30. The number of hydrogen-bond donors (Lipinski definition) is 1. The van der Waals surface area contributed by atoms with Crippen LogP contribution < -0.4 is 10.2 Å². The fraction of sp³-hybridized carbons (Fsp3) is 0.333. The van der Waals surface area contributed by atoms with Crippen LogP contribution in [0.15, 0.2) is 24.3 Å². The molecule has 0 amide bonds. The van der Waals surface area contributed by atoms with Gasteiger partial charge in [-0.2, -0.15) is 0 Å². The molecule has 0 fully saturated rings. The summed E-state index contributed by atoms with van der Waals surface area (Å²) in [5.74, 6) is 0. The number of fused-ring (bicyclic) bond motifs is 1. The lowest BCUT2D eigenvalue weighted by atomic mass is 10.2. The molecular weight excluding hydrogens is 207 g/mol. The molecule has 2 nitrogen and oxygen atoms in total. The lowest BCUT2D eigenvalue weighted by molar-refractivity contribution is 0.887. The van der Waals surface area contributed by atoms with Crippen molar-refractivity contribution >= 4 is 36.2 Å². The van der Waals surface area contributed by atoms with Crippen molar-refractivity contribution in [3.8, 4) is 0 Å². The number of rotatable bonds is 0. The zero-order valence-corrected chi connectivity index (χ0v) is 9.12. The monoisotopic (exact) mass is 220 g/mol. The number of halogens is 2. The Hall–Kier alpha value is -0.600. The molecule has 1 aromatic rings. The number of anilines is 2. The molecule has 0 aromatic heterocycles. The number of nitrogens with one attached hydrogen (secondary N) is 1. The lowest BCUT2D eigenvalue weighted by Gasteiger charge is -2.28. The molecule has 1 N–H and O–H groups in total. The quantitative estimate of drug-likeness (QED) is 0.723. The van der Waals surface area contributed by atoms with Crippen LogP contribution in [0.1, 0.15) is 0 Å². The van der Waals surface area contributed by atoms with E-state index in [-0.39, 0.29) is 24.8 Å². The maximum absolute atomic E-state index is 3.35. The van der Waals surface area contributed by atoms with E-state index >= 15 is 0 Å². The Morgan fingerprint density at radius 1 is 1.23 bits per heavy atom. The van der Waals surface area contributed by atoms with Gasteiger partial charge in [-0.15, -0.1) is 24.8 Å². The van der Waals surface area contributed by atoms with E-state index in [2.05, 4.69) is 41.5 Å². The molecule has 4 heteroatoms. The van der Waals surface area contributed by atoms with E-state index in [1.165, 1.54) is 11.4 Å². The van der Waals surface area contributed by atoms with Gasteiger partial charge in [0, 0.05) is 20.1 Å². The molecule has 2 rings (SSSR count). The fourth-order valence-corrected chi connectivity index (χ4v) is 1.43. The zero-order valence-electron chi connectivity index (χ0n) is 7.49. The van der Waals surface area contributed by atoms with Gasteiger partial charge in [-0.1, -0.05) is 12.1 Å². The molecule has 74 valence electrons. The summed E-state index contributed by atoms with van der Waals surface area (Å²) < 4.78 is 0. The maximum atomic E-state index is 3.35. The van der Waals surface area contributed by atoms with Gasteiger partial charge in [0.1, 0.15) is 0 Å². The molecule has 0 aliphatic carbocycles. The van der Waals surface area contributed by atoms with Crippen molar-refractivity contribution in [2.75, 3.05) is 30.4 Å². The molecule has 0 radical (unpaired) electrons. The van der Waals surface area contributed by atoms with Gasteiger partial charge in [-0.25, -0.2) is 0 Å². The van der Waals surface area contributed by atoms with E-state index in [4.69, 9.17) is 0 Å². The van der Waals surface area contributed by atoms with Crippen LogP contribution in [0, 0.1) is 0 Å². The van der Waals surface area contributed by atoms with Crippen LogP contribution >= 0.6 is 24.8 Å². The highest BCUT2D eigenvalue weighted by molar-refractivity contribution is 5.85. The Morgan fingerprint density at radius 2 is 1.92 bits per heavy atom. The van der Waals surface area contributed by atoms with Crippen LogP contribution in [0.3, 0.4) is 0 Å². The summed E-state index contributed by atoms with van der Waals surface area (Å²) in [7, 11) is 2.12. The second-order valence-electron chi connectivity index (χ2n) is 2.87. The minimum absolute atomic E-state index is 0. The van der Waals surface area contributed by atoms with Crippen LogP contribution in [-0.4, -0.2) is 20.1 Å². The van der Waals surface area contributed by atoms with Crippen molar-refractivity contribution < 1.29 is 0 Å². The highest BCUT2D eigenvalue weighted by Gasteiger charge is 2.10. The molecule has 13 heavy (non-hydrogen) atoms. The summed E-state index contributed by atoms with van der Waals surface area (Å²) in [5.41, 5.74) is 2.56. The van der Waals surface area contributed by atoms with Crippen LogP contribution in [0.2, 0.25) is 0 Å². The summed E-state index contributed by atoms with van der Waals surface area (Å²) in [6.45, 7) is 2.14. The Kier molecular flexibility index (Phi) is 4.96. The molecule has 0 unspecified atom stereocenters. The Labute approximate surface area is 91.1 Å². The first-order chi connectivity index (χ1) is 5.38. The largest absolute Gasteiger partial charge is 0.382 e. The second kappa shape index (κ2) is 5.20. The van der Waals surface area contributed by atoms with Crippen LogP contribution in [0.5, 0.6) is 0 Å². The highest BCUT2D eigenvalue weighted by atomic mass is 35.5. The molecular formula is C9H14Cl2N2. The van der Waals surface area contributed by atoms with Gasteiger partial charge in [-0.3, -0.25) is 0 Å². The van der Waals surface area contributed by atoms with Gasteiger partial charge in [0.2, 0.25) is 0 Å². The maximum Gasteiger partial charge on any atom is 0.0600 e. The summed E-state index contributed by atoms with van der Waals surface area (Å²) in [6.07, 6.45) is 0. The molecule has 0 saturated heterocycles. The van der Waals surface area contributed by atoms with Crippen molar-refractivity contribution in [2.24, 2.45) is 0 Å². The molecule has 1 aliphatic rings. The fourth-order valence-electron chi connectivity index (χ4n) is 1.43. The van der Waals surface area contributed by atoms with E-state index in [0.29, 0.717) is 0 Å². The first-order valence-electron chi connectivity index (χ1n) is 3.92. The van der Waals surface area contributed by atoms with E-state index in [1.807, 2.05) is 0 Å². The molecule has 1 aromatic carbocycles. The molecule has 0 spiro atoms. The van der Waals surface area contributed by atoms with Gasteiger partial charge >= 0.3 is 0 Å². The van der Waals surface area contributed by atoms with Crippen LogP contribution in [-0.2, 0) is 0 Å². The van der Waals surface area contributed by atoms with Crippen LogP contribution in [0.4, 0.5) is 11.4 Å². The van der Waals surface area contributed by atoms with Gasteiger partial charge in [0.05, 0.1) is 11.4 Å². The van der Waals surface area contributed by atoms with Crippen molar-refractivity contribution in [3.63, 3.8) is 0 Å². The van der Waals surface area contributed by atoms with Crippen molar-refractivity contribution in [2.45, 2.75) is 0 Å². The zero-order chi connectivity index (χ0) is 7.68. The van der Waals surface area contributed by atoms with Gasteiger partial charge in [0.25, 0.3) is 0 Å². The van der Waals surface area contributed by atoms with Crippen molar-refractivity contribution in [1.29, 1.82) is 0 Å². The third-order valence-electron chi connectivity index (χ3n) is 2.08. The molecule has 1 aliphatic heterocycles. The van der Waals surface area contributed by atoms with E-state index in [1.54, 1.807) is 0 Å². The van der Waals surface area contributed by atoms with Crippen molar-refractivity contribution in [3.05, 3.63) is 24.3 Å². The minimum atomic E-state index is 0. The normalized spacial score (nSPS) is 13.2. The molecule has 1 heterocycles. The molecule has 0 saturated carbocycles. The third-order valence-corrected chi connectivity index (χ3v) is 2.08. The van der Waals surface area contributed by atoms with E-state index in [9.17, 15) is 0 Å². The summed E-state index contributed by atoms with van der Waals surface area (Å²) in [4.78, 5) is 2.27. The Bertz CT molecular complexity index is 266. The second-order valence-corrected chi connectivity index (χ2v) is 2.87. The number of benzene rings is 1. The van der Waals surface area contributed by atoms with Gasteiger partial charge in [0.15, 0.2) is 0 Å². The number of nitrogens with zero attached hydrogens (tertiary/aromatic N) is 1. The molecule has 0 bridgehead atoms. The van der Waals surface area contributed by atoms with E-state index in [0.717, 1.165) is 13.1 Å². The third kappa shape index (κ3) is 2.42. The Balaban J connectivity index is 0.000000720. The minimum Gasteiger partial charge on any atom is -0.382 e. The first kappa shape index (κ1) is 12.4. The van der Waals surface area contributed by atoms with Crippen LogP contribution in [0.25, 0.3) is 0 Å². The standard InChI is InChI=1S/C9H12N2.2ClH/c1-11-7-6-10-8-4-2-3-5-9(8)11;;/h2-5,10H,6-7H2,1H3;2*1H. The summed E-state index contributed by atoms with van der Waals surface area (Å²) >= 11 is 0. The first-order valence-corrected chi connectivity index (χ1v) is 3.92. The summed E-state index contributed by atoms with van der Waals surface area (Å²) in [5, 5.41) is 3.35. The van der Waals surface area contributed by atoms with Gasteiger partial charge < -0.3 is 10.2 Å². The number of likely N-dealkylation sites (N-methyl/N-ethyl adjacent to an activating group) is 1. The van der Waals surface area contributed by atoms with Crippen molar-refractivity contribution in [1.82, 2.24) is 0 Å². The average molecular weight is 221 g/mol.